The molecule has 0 unspecified atom stereocenters. The molecule has 1 aromatic carbocycles. The Labute approximate surface area is 152 Å². The van der Waals surface area contributed by atoms with Crippen molar-refractivity contribution >= 4 is 16.8 Å². The Kier molecular flexibility index (Phi) is 3.30. The Bertz CT molecular complexity index is 1000. The van der Waals surface area contributed by atoms with Crippen LogP contribution < -0.4 is 5.32 Å². The van der Waals surface area contributed by atoms with Crippen LogP contribution in [0.2, 0.25) is 0 Å². The summed E-state index contributed by atoms with van der Waals surface area (Å²) in [4.78, 5) is 16.3. The maximum atomic E-state index is 12.7. The average molecular weight is 348 g/mol. The van der Waals surface area contributed by atoms with Gasteiger partial charge in [-0.3, -0.25) is 9.89 Å². The van der Waals surface area contributed by atoms with Crippen LogP contribution in [-0.2, 0) is 11.8 Å². The highest BCUT2D eigenvalue weighted by Gasteiger charge is 2.35. The van der Waals surface area contributed by atoms with Gasteiger partial charge in [0.15, 0.2) is 0 Å². The summed E-state index contributed by atoms with van der Waals surface area (Å²) < 4.78 is 0. The van der Waals surface area contributed by atoms with Gasteiger partial charge in [-0.15, -0.1) is 0 Å². The van der Waals surface area contributed by atoms with Gasteiger partial charge in [0.25, 0.3) is 5.91 Å². The van der Waals surface area contributed by atoms with Crippen molar-refractivity contribution in [2.75, 3.05) is 0 Å². The fourth-order valence-corrected chi connectivity index (χ4v) is 4.79. The predicted molar refractivity (Wildman–Crippen MR) is 102 cm³/mol. The van der Waals surface area contributed by atoms with Crippen molar-refractivity contribution in [2.45, 2.75) is 57.4 Å². The lowest BCUT2D eigenvalue weighted by Gasteiger charge is -2.30. The van der Waals surface area contributed by atoms with E-state index in [1.807, 2.05) is 18.3 Å². The van der Waals surface area contributed by atoms with Gasteiger partial charge in [-0.25, -0.2) is 0 Å². The molecule has 2 aliphatic rings. The van der Waals surface area contributed by atoms with E-state index in [2.05, 4.69) is 40.4 Å². The van der Waals surface area contributed by atoms with Gasteiger partial charge in [-0.05, 0) is 48.4 Å². The third kappa shape index (κ3) is 2.30. The van der Waals surface area contributed by atoms with E-state index >= 15 is 0 Å². The molecule has 26 heavy (non-hydrogen) atoms. The van der Waals surface area contributed by atoms with Gasteiger partial charge >= 0.3 is 0 Å². The van der Waals surface area contributed by atoms with Gasteiger partial charge in [0.2, 0.25) is 0 Å². The van der Waals surface area contributed by atoms with Crippen molar-refractivity contribution in [3.05, 3.63) is 41.1 Å². The molecule has 1 amide bonds. The monoisotopic (exact) mass is 348 g/mol. The van der Waals surface area contributed by atoms with E-state index in [1.54, 1.807) is 0 Å². The lowest BCUT2D eigenvalue weighted by molar-refractivity contribution is 0.0938. The van der Waals surface area contributed by atoms with Crippen LogP contribution in [-0.4, -0.2) is 27.1 Å². The number of H-pyrrole nitrogens is 2. The second-order valence-electron chi connectivity index (χ2n) is 8.42. The molecule has 3 aromatic rings. The van der Waals surface area contributed by atoms with Crippen LogP contribution in [0.1, 0.15) is 61.0 Å². The maximum absolute atomic E-state index is 12.7. The zero-order chi connectivity index (χ0) is 17.9. The van der Waals surface area contributed by atoms with Crippen LogP contribution in [0.4, 0.5) is 0 Å². The average Bonchev–Trinajstić information content (AvgIpc) is 3.31. The molecule has 5 rings (SSSR count). The summed E-state index contributed by atoms with van der Waals surface area (Å²) in [5, 5.41) is 11.7. The van der Waals surface area contributed by atoms with Gasteiger partial charge in [0, 0.05) is 28.1 Å². The Morgan fingerprint density at radius 3 is 2.85 bits per heavy atom. The van der Waals surface area contributed by atoms with Gasteiger partial charge in [0.05, 0.1) is 17.6 Å². The molecule has 0 radical (unpaired) electrons. The third-order valence-electron chi connectivity index (χ3n) is 6.03. The smallest absolute Gasteiger partial charge is 0.251 e. The van der Waals surface area contributed by atoms with Gasteiger partial charge < -0.3 is 10.3 Å². The molecule has 0 aliphatic heterocycles. The minimum absolute atomic E-state index is 0.00892. The normalized spacial score (nSPS) is 18.7. The number of hydrogen-bond acceptors (Lipinski definition) is 2. The molecule has 2 aliphatic carbocycles. The fourth-order valence-electron chi connectivity index (χ4n) is 4.79. The summed E-state index contributed by atoms with van der Waals surface area (Å²) in [6.45, 7) is 4.53. The quantitative estimate of drug-likeness (QED) is 0.653. The summed E-state index contributed by atoms with van der Waals surface area (Å²) in [5.74, 6) is 0.0459. The highest BCUT2D eigenvalue weighted by molar-refractivity contribution is 6.01. The number of fused-ring (bicyclic) bond motifs is 5. The Balaban J connectivity index is 1.60. The van der Waals surface area contributed by atoms with E-state index in [0.717, 1.165) is 47.1 Å². The minimum atomic E-state index is -0.00892. The molecular formula is C21H24N4O. The molecule has 0 atom stereocenters. The number of aromatic amines is 2. The molecule has 134 valence electrons. The minimum Gasteiger partial charge on any atom is -0.353 e. The molecule has 1 saturated carbocycles. The number of nitrogens with zero attached hydrogens (tertiary/aromatic N) is 1. The SMILES string of the molecule is CC1(C)Cc2cn[nH]c2-c2[nH]c3ccc(C(=O)NC4CCCC4)cc3c21. The van der Waals surface area contributed by atoms with Crippen molar-refractivity contribution in [2.24, 2.45) is 0 Å². The molecule has 2 aromatic heterocycles. The number of amides is 1. The summed E-state index contributed by atoms with van der Waals surface area (Å²) in [7, 11) is 0. The van der Waals surface area contributed by atoms with E-state index in [4.69, 9.17) is 0 Å². The van der Waals surface area contributed by atoms with Crippen LogP contribution in [0.3, 0.4) is 0 Å². The lowest BCUT2D eigenvalue weighted by Crippen LogP contribution is -2.32. The molecule has 1 fully saturated rings. The van der Waals surface area contributed by atoms with Crippen molar-refractivity contribution in [3.63, 3.8) is 0 Å². The van der Waals surface area contributed by atoms with Crippen molar-refractivity contribution < 1.29 is 4.79 Å². The molecule has 0 saturated heterocycles. The van der Waals surface area contributed by atoms with E-state index in [-0.39, 0.29) is 11.3 Å². The first kappa shape index (κ1) is 15.7. The Morgan fingerprint density at radius 2 is 2.04 bits per heavy atom. The largest absolute Gasteiger partial charge is 0.353 e. The molecule has 2 heterocycles. The van der Waals surface area contributed by atoms with Crippen molar-refractivity contribution in [1.29, 1.82) is 0 Å². The highest BCUT2D eigenvalue weighted by atomic mass is 16.1. The zero-order valence-electron chi connectivity index (χ0n) is 15.3. The first-order valence-electron chi connectivity index (χ1n) is 9.52. The van der Waals surface area contributed by atoms with E-state index in [1.165, 1.54) is 24.0 Å². The molecular weight excluding hydrogens is 324 g/mol. The topological polar surface area (TPSA) is 73.6 Å². The highest BCUT2D eigenvalue weighted by Crippen LogP contribution is 2.45. The molecule has 3 N–H and O–H groups in total. The van der Waals surface area contributed by atoms with Gasteiger partial charge in [-0.1, -0.05) is 26.7 Å². The number of carbonyl (C=O) groups excluding carboxylic acids is 1. The molecule has 5 heteroatoms. The molecule has 5 nitrogen and oxygen atoms in total. The lowest BCUT2D eigenvalue weighted by atomic mass is 9.73. The van der Waals surface area contributed by atoms with Crippen molar-refractivity contribution in [3.8, 4) is 11.4 Å². The molecule has 0 bridgehead atoms. The second kappa shape index (κ2) is 5.47. The number of aromatic nitrogens is 3. The second-order valence-corrected chi connectivity index (χ2v) is 8.42. The fraction of sp³-hybridized carbons (Fsp3) is 0.429. The van der Waals surface area contributed by atoms with Crippen LogP contribution >= 0.6 is 0 Å². The number of hydrogen-bond donors (Lipinski definition) is 3. The standard InChI is InChI=1S/C21H24N4O/c1-21(2)10-13-11-22-25-18(13)19-17(21)15-9-12(7-8-16(15)24-19)20(26)23-14-5-3-4-6-14/h7-9,11,14,24H,3-6,10H2,1-2H3,(H,22,25)(H,23,26). The van der Waals surface area contributed by atoms with E-state index in [0.29, 0.717) is 6.04 Å². The van der Waals surface area contributed by atoms with Crippen LogP contribution in [0, 0.1) is 0 Å². The summed E-state index contributed by atoms with van der Waals surface area (Å²) >= 11 is 0. The Hall–Kier alpha value is -2.56. The number of benzene rings is 1. The van der Waals surface area contributed by atoms with Gasteiger partial charge in [-0.2, -0.15) is 5.10 Å². The van der Waals surface area contributed by atoms with E-state index in [9.17, 15) is 4.79 Å². The summed E-state index contributed by atoms with van der Waals surface area (Å²) in [6.07, 6.45) is 7.50. The van der Waals surface area contributed by atoms with Crippen LogP contribution in [0.15, 0.2) is 24.4 Å². The van der Waals surface area contributed by atoms with E-state index < -0.39 is 0 Å². The van der Waals surface area contributed by atoms with Gasteiger partial charge in [0.1, 0.15) is 0 Å². The zero-order valence-corrected chi connectivity index (χ0v) is 15.3. The van der Waals surface area contributed by atoms with Crippen LogP contribution in [0.25, 0.3) is 22.3 Å². The Morgan fingerprint density at radius 1 is 1.23 bits per heavy atom. The molecule has 0 spiro atoms. The third-order valence-corrected chi connectivity index (χ3v) is 6.03. The first-order chi connectivity index (χ1) is 12.5. The summed E-state index contributed by atoms with van der Waals surface area (Å²) in [5.41, 5.74) is 6.52. The first-order valence-corrected chi connectivity index (χ1v) is 9.52. The number of carbonyl (C=O) groups is 1. The predicted octanol–water partition coefficient (Wildman–Crippen LogP) is 4.06. The maximum Gasteiger partial charge on any atom is 0.251 e. The van der Waals surface area contributed by atoms with Crippen molar-refractivity contribution in [1.82, 2.24) is 20.5 Å². The summed E-state index contributed by atoms with van der Waals surface area (Å²) in [6, 6.07) is 6.35. The number of nitrogens with one attached hydrogen (secondary N) is 3. The number of rotatable bonds is 2. The van der Waals surface area contributed by atoms with Crippen LogP contribution in [0.5, 0.6) is 0 Å².